The van der Waals surface area contributed by atoms with Gasteiger partial charge >= 0.3 is 0 Å². The third-order valence-corrected chi connectivity index (χ3v) is 5.08. The fraction of sp³-hybridized carbons (Fsp3) is 0.533. The van der Waals surface area contributed by atoms with Crippen molar-refractivity contribution in [3.05, 3.63) is 28.7 Å². The van der Waals surface area contributed by atoms with Crippen LogP contribution in [0.1, 0.15) is 20.8 Å². The highest BCUT2D eigenvalue weighted by molar-refractivity contribution is 9.10. The van der Waals surface area contributed by atoms with Crippen molar-refractivity contribution >= 4 is 33.6 Å². The number of nitrogens with one attached hydrogen (secondary N) is 1. The summed E-state index contributed by atoms with van der Waals surface area (Å²) >= 11 is 5.06. The number of halogens is 1. The number of piperazine rings is 1. The van der Waals surface area contributed by atoms with E-state index in [4.69, 9.17) is 0 Å². The number of amides is 1. The number of carbonyl (C=O) groups is 1. The summed E-state index contributed by atoms with van der Waals surface area (Å²) in [5.41, 5.74) is 0. The lowest BCUT2D eigenvalue weighted by molar-refractivity contribution is -0.134. The summed E-state index contributed by atoms with van der Waals surface area (Å²) in [6.45, 7) is 8.61. The molecule has 1 amide bonds. The molecule has 0 aromatic heterocycles. The van der Waals surface area contributed by atoms with Crippen LogP contribution >= 0.6 is 27.7 Å². The normalized spacial score (nSPS) is 20.0. The van der Waals surface area contributed by atoms with E-state index < -0.39 is 4.75 Å². The van der Waals surface area contributed by atoms with E-state index in [0.29, 0.717) is 6.04 Å². The van der Waals surface area contributed by atoms with E-state index in [1.54, 1.807) is 11.8 Å². The van der Waals surface area contributed by atoms with Gasteiger partial charge in [-0.2, -0.15) is 0 Å². The largest absolute Gasteiger partial charge is 0.339 e. The van der Waals surface area contributed by atoms with Crippen LogP contribution in [-0.4, -0.2) is 41.2 Å². The lowest BCUT2D eigenvalue weighted by atomic mass is 10.1. The van der Waals surface area contributed by atoms with E-state index in [9.17, 15) is 4.79 Å². The molecule has 1 aromatic rings. The molecule has 1 fully saturated rings. The molecular formula is C15H21BrN2OS. The topological polar surface area (TPSA) is 32.3 Å². The summed E-state index contributed by atoms with van der Waals surface area (Å²) in [4.78, 5) is 15.8. The van der Waals surface area contributed by atoms with Gasteiger partial charge in [-0.3, -0.25) is 4.79 Å². The second-order valence-corrected chi connectivity index (χ2v) is 8.28. The van der Waals surface area contributed by atoms with Gasteiger partial charge in [-0.15, -0.1) is 11.8 Å². The molecular weight excluding hydrogens is 336 g/mol. The van der Waals surface area contributed by atoms with Crippen molar-refractivity contribution in [2.24, 2.45) is 0 Å². The quantitative estimate of drug-likeness (QED) is 0.844. The zero-order valence-electron chi connectivity index (χ0n) is 12.1. The van der Waals surface area contributed by atoms with Gasteiger partial charge in [-0.25, -0.2) is 0 Å². The first-order valence-corrected chi connectivity index (χ1v) is 8.47. The Morgan fingerprint density at radius 1 is 1.40 bits per heavy atom. The van der Waals surface area contributed by atoms with Crippen LogP contribution in [0.2, 0.25) is 0 Å². The number of thioether (sulfide) groups is 1. The van der Waals surface area contributed by atoms with E-state index in [-0.39, 0.29) is 5.91 Å². The Labute approximate surface area is 133 Å². The lowest BCUT2D eigenvalue weighted by Gasteiger charge is -2.36. The maximum absolute atomic E-state index is 12.7. The number of rotatable bonds is 3. The van der Waals surface area contributed by atoms with Crippen molar-refractivity contribution in [1.29, 1.82) is 0 Å². The first-order valence-electron chi connectivity index (χ1n) is 6.86. The molecule has 1 N–H and O–H groups in total. The van der Waals surface area contributed by atoms with E-state index >= 15 is 0 Å². The van der Waals surface area contributed by atoms with Gasteiger partial charge in [0.05, 0.1) is 4.75 Å². The molecule has 0 bridgehead atoms. The highest BCUT2D eigenvalue weighted by Gasteiger charge is 2.34. The second-order valence-electron chi connectivity index (χ2n) is 5.67. The number of hydrogen-bond acceptors (Lipinski definition) is 3. The minimum atomic E-state index is -0.440. The molecule has 2 rings (SSSR count). The minimum Gasteiger partial charge on any atom is -0.339 e. The predicted molar refractivity (Wildman–Crippen MR) is 88.1 cm³/mol. The fourth-order valence-electron chi connectivity index (χ4n) is 2.34. The Balaban J connectivity index is 2.04. The van der Waals surface area contributed by atoms with Gasteiger partial charge < -0.3 is 10.2 Å². The van der Waals surface area contributed by atoms with Crippen LogP contribution < -0.4 is 5.32 Å². The van der Waals surface area contributed by atoms with Gasteiger partial charge in [-0.1, -0.05) is 15.9 Å². The Morgan fingerprint density at radius 2 is 2.05 bits per heavy atom. The lowest BCUT2D eigenvalue weighted by Crippen LogP contribution is -2.55. The predicted octanol–water partition coefficient (Wildman–Crippen LogP) is 3.14. The zero-order chi connectivity index (χ0) is 14.8. The van der Waals surface area contributed by atoms with Crippen molar-refractivity contribution in [2.45, 2.75) is 36.5 Å². The average molecular weight is 357 g/mol. The van der Waals surface area contributed by atoms with Crippen LogP contribution in [0.3, 0.4) is 0 Å². The van der Waals surface area contributed by atoms with Gasteiger partial charge in [0.1, 0.15) is 0 Å². The molecule has 0 saturated carbocycles. The summed E-state index contributed by atoms with van der Waals surface area (Å²) in [6.07, 6.45) is 0. The average Bonchev–Trinajstić information content (AvgIpc) is 2.40. The number of carbonyl (C=O) groups excluding carboxylic acids is 1. The summed E-state index contributed by atoms with van der Waals surface area (Å²) in [7, 11) is 0. The summed E-state index contributed by atoms with van der Waals surface area (Å²) < 4.78 is 0.618. The van der Waals surface area contributed by atoms with Crippen LogP contribution in [0, 0.1) is 0 Å². The second kappa shape index (κ2) is 6.50. The van der Waals surface area contributed by atoms with Crippen LogP contribution in [0.5, 0.6) is 0 Å². The highest BCUT2D eigenvalue weighted by atomic mass is 79.9. The van der Waals surface area contributed by atoms with Crippen molar-refractivity contribution in [2.75, 3.05) is 19.6 Å². The zero-order valence-corrected chi connectivity index (χ0v) is 14.6. The van der Waals surface area contributed by atoms with E-state index in [1.165, 1.54) is 0 Å². The van der Waals surface area contributed by atoms with E-state index in [1.807, 2.05) is 43.0 Å². The standard InChI is InChI=1S/C15H21BrN2OS/c1-11-10-18(9-8-17-11)14(19)15(2,3)20-13-6-4-12(16)5-7-13/h4-7,11,17H,8-10H2,1-3H3. The summed E-state index contributed by atoms with van der Waals surface area (Å²) in [5, 5.41) is 3.37. The van der Waals surface area contributed by atoms with Crippen molar-refractivity contribution in [1.82, 2.24) is 10.2 Å². The molecule has 5 heteroatoms. The fourth-order valence-corrected chi connectivity index (χ4v) is 3.68. The Hall–Kier alpha value is -0.520. The minimum absolute atomic E-state index is 0.221. The van der Waals surface area contributed by atoms with Gasteiger partial charge in [0.15, 0.2) is 0 Å². The molecule has 1 heterocycles. The molecule has 1 aliphatic heterocycles. The van der Waals surface area contributed by atoms with Gasteiger partial charge in [0, 0.05) is 35.0 Å². The van der Waals surface area contributed by atoms with E-state index in [0.717, 1.165) is 29.0 Å². The Bertz CT molecular complexity index is 475. The molecule has 1 atom stereocenters. The van der Waals surface area contributed by atoms with Crippen LogP contribution in [-0.2, 0) is 4.79 Å². The number of benzene rings is 1. The van der Waals surface area contributed by atoms with Crippen LogP contribution in [0.15, 0.2) is 33.6 Å². The third-order valence-electron chi connectivity index (χ3n) is 3.36. The molecule has 1 aromatic carbocycles. The van der Waals surface area contributed by atoms with Crippen LogP contribution in [0.4, 0.5) is 0 Å². The molecule has 0 radical (unpaired) electrons. The van der Waals surface area contributed by atoms with Gasteiger partial charge in [0.2, 0.25) is 5.91 Å². The summed E-state index contributed by atoms with van der Waals surface area (Å²) in [6, 6.07) is 8.49. The first-order chi connectivity index (χ1) is 9.38. The highest BCUT2D eigenvalue weighted by Crippen LogP contribution is 2.34. The summed E-state index contributed by atoms with van der Waals surface area (Å²) in [5.74, 6) is 0.221. The molecule has 0 aliphatic carbocycles. The van der Waals surface area contributed by atoms with Crippen molar-refractivity contribution in [3.8, 4) is 0 Å². The Kier molecular flexibility index (Phi) is 5.15. The molecule has 110 valence electrons. The molecule has 1 saturated heterocycles. The third kappa shape index (κ3) is 3.99. The van der Waals surface area contributed by atoms with Crippen molar-refractivity contribution in [3.63, 3.8) is 0 Å². The monoisotopic (exact) mass is 356 g/mol. The smallest absolute Gasteiger partial charge is 0.238 e. The SMILES string of the molecule is CC1CN(C(=O)C(C)(C)Sc2ccc(Br)cc2)CCN1. The number of hydrogen-bond donors (Lipinski definition) is 1. The molecule has 3 nitrogen and oxygen atoms in total. The molecule has 1 aliphatic rings. The molecule has 0 spiro atoms. The Morgan fingerprint density at radius 3 is 2.65 bits per heavy atom. The van der Waals surface area contributed by atoms with Gasteiger partial charge in [-0.05, 0) is 45.0 Å². The first kappa shape index (κ1) is 15.9. The maximum atomic E-state index is 12.7. The van der Waals surface area contributed by atoms with E-state index in [2.05, 4.69) is 28.2 Å². The number of nitrogens with zero attached hydrogens (tertiary/aromatic N) is 1. The maximum Gasteiger partial charge on any atom is 0.238 e. The van der Waals surface area contributed by atoms with Crippen LogP contribution in [0.25, 0.3) is 0 Å². The molecule has 1 unspecified atom stereocenters. The van der Waals surface area contributed by atoms with Gasteiger partial charge in [0.25, 0.3) is 0 Å². The van der Waals surface area contributed by atoms with Crippen molar-refractivity contribution < 1.29 is 4.79 Å². The molecule has 20 heavy (non-hydrogen) atoms.